The number of methoxy groups -OCH3 is 2. The largest absolute Gasteiger partial charge is 0.493 e. The zero-order valence-corrected chi connectivity index (χ0v) is 16.2. The summed E-state index contributed by atoms with van der Waals surface area (Å²) in [5.74, 6) is 1.11. The fraction of sp³-hybridized carbons (Fsp3) is 0.350. The van der Waals surface area contributed by atoms with E-state index in [9.17, 15) is 4.79 Å². The Hall–Kier alpha value is -3.09. The predicted octanol–water partition coefficient (Wildman–Crippen LogP) is 3.27. The molecule has 27 heavy (non-hydrogen) atoms. The van der Waals surface area contributed by atoms with Gasteiger partial charge in [-0.25, -0.2) is 9.67 Å². The summed E-state index contributed by atoms with van der Waals surface area (Å²) in [6.45, 7) is 6.31. The molecule has 0 spiro atoms. The average Bonchev–Trinajstić information content (AvgIpc) is 3.08. The van der Waals surface area contributed by atoms with E-state index in [1.165, 1.54) is 0 Å². The molecule has 1 aromatic carbocycles. The minimum Gasteiger partial charge on any atom is -0.493 e. The van der Waals surface area contributed by atoms with Crippen LogP contribution >= 0.6 is 0 Å². The van der Waals surface area contributed by atoms with Crippen molar-refractivity contribution in [1.29, 1.82) is 0 Å². The van der Waals surface area contributed by atoms with Gasteiger partial charge in [0.2, 0.25) is 0 Å². The van der Waals surface area contributed by atoms with Gasteiger partial charge in [0.1, 0.15) is 0 Å². The van der Waals surface area contributed by atoms with Gasteiger partial charge in [0.25, 0.3) is 5.91 Å². The molecule has 0 aliphatic carbocycles. The summed E-state index contributed by atoms with van der Waals surface area (Å²) in [5.41, 5.74) is 2.93. The fourth-order valence-corrected chi connectivity index (χ4v) is 2.94. The van der Waals surface area contributed by atoms with Gasteiger partial charge < -0.3 is 14.8 Å². The Morgan fingerprint density at radius 2 is 1.93 bits per heavy atom. The number of ether oxygens (including phenoxy) is 2. The van der Waals surface area contributed by atoms with Crippen molar-refractivity contribution in [2.75, 3.05) is 14.2 Å². The van der Waals surface area contributed by atoms with Gasteiger partial charge in [-0.2, -0.15) is 5.10 Å². The van der Waals surface area contributed by atoms with E-state index in [-0.39, 0.29) is 11.9 Å². The molecule has 0 atom stereocenters. The van der Waals surface area contributed by atoms with Crippen LogP contribution in [0.3, 0.4) is 0 Å². The SMILES string of the molecule is COc1ccc(CNC(=O)c2cc3cnn(C(C)C)c3nc2C)cc1OC. The van der Waals surface area contributed by atoms with Gasteiger partial charge in [-0.05, 0) is 44.5 Å². The van der Waals surface area contributed by atoms with Gasteiger partial charge in [0.15, 0.2) is 17.1 Å². The third-order valence-corrected chi connectivity index (χ3v) is 4.39. The van der Waals surface area contributed by atoms with Gasteiger partial charge in [-0.1, -0.05) is 6.07 Å². The molecule has 0 fully saturated rings. The molecule has 0 aliphatic rings. The summed E-state index contributed by atoms with van der Waals surface area (Å²) in [5, 5.41) is 8.15. The molecule has 7 nitrogen and oxygen atoms in total. The lowest BCUT2D eigenvalue weighted by Gasteiger charge is -2.11. The molecular weight excluding hydrogens is 344 g/mol. The topological polar surface area (TPSA) is 78.3 Å². The molecule has 0 radical (unpaired) electrons. The average molecular weight is 368 g/mol. The Balaban J connectivity index is 1.79. The van der Waals surface area contributed by atoms with Crippen LogP contribution in [0.1, 0.15) is 41.5 Å². The number of aromatic nitrogens is 3. The first-order valence-corrected chi connectivity index (χ1v) is 8.78. The molecule has 0 aliphatic heterocycles. The minimum atomic E-state index is -0.172. The molecule has 1 amide bonds. The highest BCUT2D eigenvalue weighted by Crippen LogP contribution is 2.27. The van der Waals surface area contributed by atoms with Crippen LogP contribution in [0.4, 0.5) is 0 Å². The third-order valence-electron chi connectivity index (χ3n) is 4.39. The monoisotopic (exact) mass is 368 g/mol. The van der Waals surface area contributed by atoms with E-state index in [2.05, 4.69) is 15.4 Å². The number of benzene rings is 1. The molecule has 142 valence electrons. The van der Waals surface area contributed by atoms with Gasteiger partial charge in [0.05, 0.1) is 31.7 Å². The van der Waals surface area contributed by atoms with Crippen molar-refractivity contribution in [3.63, 3.8) is 0 Å². The lowest BCUT2D eigenvalue weighted by molar-refractivity contribution is 0.0950. The van der Waals surface area contributed by atoms with E-state index in [4.69, 9.17) is 9.47 Å². The lowest BCUT2D eigenvalue weighted by atomic mass is 10.1. The Bertz CT molecular complexity index is 979. The first-order valence-electron chi connectivity index (χ1n) is 8.78. The Labute approximate surface area is 158 Å². The molecule has 0 saturated heterocycles. The van der Waals surface area contributed by atoms with Crippen LogP contribution in [0.5, 0.6) is 11.5 Å². The van der Waals surface area contributed by atoms with Gasteiger partial charge >= 0.3 is 0 Å². The highest BCUT2D eigenvalue weighted by atomic mass is 16.5. The number of carbonyl (C=O) groups excluding carboxylic acids is 1. The first-order chi connectivity index (χ1) is 12.9. The van der Waals surface area contributed by atoms with Crippen LogP contribution in [-0.2, 0) is 6.54 Å². The van der Waals surface area contributed by atoms with E-state index in [0.29, 0.717) is 29.3 Å². The summed E-state index contributed by atoms with van der Waals surface area (Å²) < 4.78 is 12.4. The lowest BCUT2D eigenvalue weighted by Crippen LogP contribution is -2.24. The van der Waals surface area contributed by atoms with Crippen LogP contribution in [0.15, 0.2) is 30.5 Å². The van der Waals surface area contributed by atoms with Crippen molar-refractivity contribution < 1.29 is 14.3 Å². The molecule has 3 aromatic rings. The van der Waals surface area contributed by atoms with Gasteiger partial charge in [-0.3, -0.25) is 4.79 Å². The molecule has 2 aromatic heterocycles. The van der Waals surface area contributed by atoms with Crippen LogP contribution in [0.25, 0.3) is 11.0 Å². The second kappa shape index (κ2) is 7.65. The van der Waals surface area contributed by atoms with Crippen LogP contribution in [-0.4, -0.2) is 34.9 Å². The Kier molecular flexibility index (Phi) is 5.30. The number of rotatable bonds is 6. The molecule has 3 rings (SSSR count). The van der Waals surface area contributed by atoms with Crippen LogP contribution < -0.4 is 14.8 Å². The second-order valence-corrected chi connectivity index (χ2v) is 6.59. The Morgan fingerprint density at radius 3 is 2.59 bits per heavy atom. The van der Waals surface area contributed by atoms with Crippen LogP contribution in [0.2, 0.25) is 0 Å². The molecule has 0 unspecified atom stereocenters. The molecule has 1 N–H and O–H groups in total. The summed E-state index contributed by atoms with van der Waals surface area (Å²) >= 11 is 0. The van der Waals surface area contributed by atoms with Gasteiger partial charge in [-0.15, -0.1) is 0 Å². The van der Waals surface area contributed by atoms with Crippen molar-refractivity contribution in [1.82, 2.24) is 20.1 Å². The zero-order valence-electron chi connectivity index (χ0n) is 16.2. The van der Waals surface area contributed by atoms with Crippen molar-refractivity contribution in [3.05, 3.63) is 47.3 Å². The fourth-order valence-electron chi connectivity index (χ4n) is 2.94. The van der Waals surface area contributed by atoms with Crippen molar-refractivity contribution in [2.45, 2.75) is 33.4 Å². The highest BCUT2D eigenvalue weighted by Gasteiger charge is 2.15. The Morgan fingerprint density at radius 1 is 1.19 bits per heavy atom. The number of carbonyl (C=O) groups is 1. The maximum atomic E-state index is 12.7. The number of pyridine rings is 1. The number of nitrogens with zero attached hydrogens (tertiary/aromatic N) is 3. The number of nitrogens with one attached hydrogen (secondary N) is 1. The second-order valence-electron chi connectivity index (χ2n) is 6.59. The first kappa shape index (κ1) is 18.7. The smallest absolute Gasteiger partial charge is 0.253 e. The van der Waals surface area contributed by atoms with Crippen molar-refractivity contribution in [3.8, 4) is 11.5 Å². The molecule has 0 saturated carbocycles. The van der Waals surface area contributed by atoms with Crippen LogP contribution in [0, 0.1) is 6.92 Å². The summed E-state index contributed by atoms with van der Waals surface area (Å²) in [7, 11) is 3.18. The molecule has 2 heterocycles. The normalized spacial score (nSPS) is 11.0. The van der Waals surface area contributed by atoms with E-state index >= 15 is 0 Å². The van der Waals surface area contributed by atoms with E-state index in [1.54, 1.807) is 20.4 Å². The number of amides is 1. The van der Waals surface area contributed by atoms with Crippen molar-refractivity contribution in [2.24, 2.45) is 0 Å². The molecule has 0 bridgehead atoms. The number of aryl methyl sites for hydroxylation is 1. The maximum absolute atomic E-state index is 12.7. The third kappa shape index (κ3) is 3.72. The van der Waals surface area contributed by atoms with E-state index < -0.39 is 0 Å². The van der Waals surface area contributed by atoms with E-state index in [0.717, 1.165) is 16.6 Å². The number of fused-ring (bicyclic) bond motifs is 1. The standard InChI is InChI=1S/C20H24N4O3/c1-12(2)24-19-15(11-22-24)9-16(13(3)23-19)20(25)21-10-14-6-7-17(26-4)18(8-14)27-5/h6-9,11-12H,10H2,1-5H3,(H,21,25). The maximum Gasteiger partial charge on any atom is 0.253 e. The van der Waals surface area contributed by atoms with Gasteiger partial charge in [0, 0.05) is 18.0 Å². The summed E-state index contributed by atoms with van der Waals surface area (Å²) in [6.07, 6.45) is 1.74. The highest BCUT2D eigenvalue weighted by molar-refractivity contribution is 5.98. The predicted molar refractivity (Wildman–Crippen MR) is 103 cm³/mol. The molecular formula is C20H24N4O3. The van der Waals surface area contributed by atoms with E-state index in [1.807, 2.05) is 49.7 Å². The minimum absolute atomic E-state index is 0.172. The zero-order chi connectivity index (χ0) is 19.6. The number of hydrogen-bond acceptors (Lipinski definition) is 5. The van der Waals surface area contributed by atoms with Crippen molar-refractivity contribution >= 4 is 16.9 Å². The summed E-state index contributed by atoms with van der Waals surface area (Å²) in [4.78, 5) is 17.3. The number of hydrogen-bond donors (Lipinski definition) is 1. The summed E-state index contributed by atoms with van der Waals surface area (Å²) in [6, 6.07) is 7.61. The molecule has 7 heteroatoms. The quantitative estimate of drug-likeness (QED) is 0.722.